The monoisotopic (exact) mass is 248 g/mol. The van der Waals surface area contributed by atoms with Gasteiger partial charge in [-0.3, -0.25) is 0 Å². The molecular formula is C13H20N4O. The number of ether oxygens (including phenoxy) is 1. The van der Waals surface area contributed by atoms with E-state index in [0.717, 1.165) is 42.6 Å². The Kier molecular flexibility index (Phi) is 3.32. The molecule has 0 saturated heterocycles. The van der Waals surface area contributed by atoms with Crippen molar-refractivity contribution in [2.24, 2.45) is 0 Å². The molecule has 98 valence electrons. The van der Waals surface area contributed by atoms with Crippen LogP contribution in [0, 0.1) is 0 Å². The summed E-state index contributed by atoms with van der Waals surface area (Å²) in [4.78, 5) is 9.12. The molecule has 0 bridgehead atoms. The summed E-state index contributed by atoms with van der Waals surface area (Å²) in [6, 6.07) is 0.532. The van der Waals surface area contributed by atoms with Crippen LogP contribution >= 0.6 is 0 Å². The van der Waals surface area contributed by atoms with Gasteiger partial charge < -0.3 is 15.4 Å². The van der Waals surface area contributed by atoms with Gasteiger partial charge in [0.2, 0.25) is 11.8 Å². The van der Waals surface area contributed by atoms with Crippen LogP contribution in [0.15, 0.2) is 0 Å². The van der Waals surface area contributed by atoms with Gasteiger partial charge in [-0.15, -0.1) is 0 Å². The topological polar surface area (TPSA) is 59.1 Å². The van der Waals surface area contributed by atoms with Gasteiger partial charge in [0, 0.05) is 18.2 Å². The van der Waals surface area contributed by atoms with Gasteiger partial charge in [0.25, 0.3) is 0 Å². The zero-order valence-electron chi connectivity index (χ0n) is 10.8. The Bertz CT molecular complexity index is 412. The van der Waals surface area contributed by atoms with Crippen LogP contribution in [0.1, 0.15) is 36.9 Å². The number of anilines is 1. The molecular weight excluding hydrogens is 228 g/mol. The minimum Gasteiger partial charge on any atom is -0.481 e. The molecule has 1 aromatic rings. The highest BCUT2D eigenvalue weighted by Gasteiger charge is 2.20. The lowest BCUT2D eigenvalue weighted by atomic mass is 10.1. The molecule has 0 unspecified atom stereocenters. The van der Waals surface area contributed by atoms with E-state index in [1.807, 2.05) is 0 Å². The Hall–Kier alpha value is -1.36. The third-order valence-corrected chi connectivity index (χ3v) is 3.78. The van der Waals surface area contributed by atoms with E-state index in [9.17, 15) is 0 Å². The number of hydrogen-bond acceptors (Lipinski definition) is 5. The molecule has 0 spiro atoms. The van der Waals surface area contributed by atoms with Gasteiger partial charge in [0.1, 0.15) is 0 Å². The summed E-state index contributed by atoms with van der Waals surface area (Å²) < 4.78 is 5.40. The van der Waals surface area contributed by atoms with Crippen LogP contribution in [0.5, 0.6) is 5.88 Å². The van der Waals surface area contributed by atoms with E-state index >= 15 is 0 Å². The molecule has 0 atom stereocenters. The number of rotatable bonds is 3. The SMILES string of the molecule is COc1nc(NC2CCCC2)nc2c1CCNC2. The molecule has 0 radical (unpaired) electrons. The maximum absolute atomic E-state index is 5.40. The largest absolute Gasteiger partial charge is 0.481 e. The van der Waals surface area contributed by atoms with Gasteiger partial charge in [-0.1, -0.05) is 12.8 Å². The highest BCUT2D eigenvalue weighted by Crippen LogP contribution is 2.26. The van der Waals surface area contributed by atoms with E-state index in [0.29, 0.717) is 6.04 Å². The van der Waals surface area contributed by atoms with Gasteiger partial charge in [-0.2, -0.15) is 4.98 Å². The fourth-order valence-electron chi connectivity index (χ4n) is 2.81. The van der Waals surface area contributed by atoms with Crippen molar-refractivity contribution in [3.8, 4) is 5.88 Å². The molecule has 18 heavy (non-hydrogen) atoms. The van der Waals surface area contributed by atoms with Crippen LogP contribution in [0.25, 0.3) is 0 Å². The number of nitrogens with zero attached hydrogens (tertiary/aromatic N) is 2. The van der Waals surface area contributed by atoms with Crippen molar-refractivity contribution in [2.75, 3.05) is 19.0 Å². The quantitative estimate of drug-likeness (QED) is 0.848. The molecule has 2 aliphatic rings. The van der Waals surface area contributed by atoms with Crippen LogP contribution < -0.4 is 15.4 Å². The zero-order valence-corrected chi connectivity index (χ0v) is 10.8. The van der Waals surface area contributed by atoms with Crippen molar-refractivity contribution < 1.29 is 4.74 Å². The Morgan fingerprint density at radius 1 is 1.28 bits per heavy atom. The molecule has 1 aliphatic carbocycles. The molecule has 1 fully saturated rings. The first-order valence-corrected chi connectivity index (χ1v) is 6.78. The van der Waals surface area contributed by atoms with Crippen molar-refractivity contribution in [1.29, 1.82) is 0 Å². The van der Waals surface area contributed by atoms with Gasteiger partial charge in [0.15, 0.2) is 0 Å². The van der Waals surface area contributed by atoms with E-state index in [2.05, 4.69) is 20.6 Å². The minimum absolute atomic E-state index is 0.532. The predicted molar refractivity (Wildman–Crippen MR) is 69.9 cm³/mol. The first kappa shape index (κ1) is 11.7. The lowest BCUT2D eigenvalue weighted by molar-refractivity contribution is 0.387. The maximum atomic E-state index is 5.40. The number of methoxy groups -OCH3 is 1. The van der Waals surface area contributed by atoms with Crippen molar-refractivity contribution in [3.05, 3.63) is 11.3 Å². The molecule has 2 heterocycles. The second-order valence-corrected chi connectivity index (χ2v) is 5.03. The second kappa shape index (κ2) is 5.10. The summed E-state index contributed by atoms with van der Waals surface area (Å²) in [6.45, 7) is 1.79. The second-order valence-electron chi connectivity index (χ2n) is 5.03. The summed E-state index contributed by atoms with van der Waals surface area (Å²) in [6.07, 6.45) is 6.01. The van der Waals surface area contributed by atoms with Gasteiger partial charge in [-0.25, -0.2) is 4.98 Å². The molecule has 2 N–H and O–H groups in total. The van der Waals surface area contributed by atoms with E-state index in [-0.39, 0.29) is 0 Å². The Morgan fingerprint density at radius 2 is 2.11 bits per heavy atom. The Labute approximate surface area is 107 Å². The molecule has 5 heteroatoms. The fourth-order valence-corrected chi connectivity index (χ4v) is 2.81. The van der Waals surface area contributed by atoms with Crippen molar-refractivity contribution in [2.45, 2.75) is 44.7 Å². The van der Waals surface area contributed by atoms with Crippen LogP contribution in [-0.2, 0) is 13.0 Å². The lowest BCUT2D eigenvalue weighted by Gasteiger charge is -2.20. The van der Waals surface area contributed by atoms with Crippen LogP contribution in [-0.4, -0.2) is 29.7 Å². The highest BCUT2D eigenvalue weighted by atomic mass is 16.5. The molecule has 1 aromatic heterocycles. The average molecular weight is 248 g/mol. The fraction of sp³-hybridized carbons (Fsp3) is 0.692. The first-order valence-electron chi connectivity index (χ1n) is 6.78. The van der Waals surface area contributed by atoms with E-state index < -0.39 is 0 Å². The van der Waals surface area contributed by atoms with Crippen LogP contribution in [0.4, 0.5) is 5.95 Å². The molecule has 5 nitrogen and oxygen atoms in total. The van der Waals surface area contributed by atoms with Gasteiger partial charge >= 0.3 is 0 Å². The molecule has 1 aliphatic heterocycles. The van der Waals surface area contributed by atoms with Gasteiger partial charge in [0.05, 0.1) is 12.8 Å². The van der Waals surface area contributed by atoms with Crippen LogP contribution in [0.3, 0.4) is 0 Å². The van der Waals surface area contributed by atoms with Crippen LogP contribution in [0.2, 0.25) is 0 Å². The Morgan fingerprint density at radius 3 is 2.89 bits per heavy atom. The Balaban J connectivity index is 1.85. The summed E-state index contributed by atoms with van der Waals surface area (Å²) in [5, 5.41) is 6.78. The maximum Gasteiger partial charge on any atom is 0.226 e. The number of hydrogen-bond donors (Lipinski definition) is 2. The predicted octanol–water partition coefficient (Wildman–Crippen LogP) is 1.49. The third kappa shape index (κ3) is 2.27. The third-order valence-electron chi connectivity index (χ3n) is 3.78. The highest BCUT2D eigenvalue weighted by molar-refractivity contribution is 5.40. The van der Waals surface area contributed by atoms with E-state index in [1.165, 1.54) is 25.7 Å². The van der Waals surface area contributed by atoms with Crippen molar-refractivity contribution >= 4 is 5.95 Å². The standard InChI is InChI=1S/C13H20N4O/c1-18-12-10-6-7-14-8-11(10)16-13(17-12)15-9-4-2-3-5-9/h9,14H,2-8H2,1H3,(H,15,16,17). The molecule has 1 saturated carbocycles. The molecule has 0 amide bonds. The zero-order chi connectivity index (χ0) is 12.4. The number of fused-ring (bicyclic) bond motifs is 1. The van der Waals surface area contributed by atoms with Crippen molar-refractivity contribution in [1.82, 2.24) is 15.3 Å². The van der Waals surface area contributed by atoms with Gasteiger partial charge in [-0.05, 0) is 25.8 Å². The van der Waals surface area contributed by atoms with Crippen molar-refractivity contribution in [3.63, 3.8) is 0 Å². The lowest BCUT2D eigenvalue weighted by Crippen LogP contribution is -2.27. The smallest absolute Gasteiger partial charge is 0.226 e. The van der Waals surface area contributed by atoms with E-state index in [1.54, 1.807) is 7.11 Å². The number of aromatic nitrogens is 2. The van der Waals surface area contributed by atoms with E-state index in [4.69, 9.17) is 4.74 Å². The summed E-state index contributed by atoms with van der Waals surface area (Å²) in [7, 11) is 1.68. The normalized spacial score (nSPS) is 19.6. The average Bonchev–Trinajstić information content (AvgIpc) is 2.90. The molecule has 0 aromatic carbocycles. The summed E-state index contributed by atoms with van der Waals surface area (Å²) in [5.41, 5.74) is 2.24. The minimum atomic E-state index is 0.532. The molecule has 3 rings (SSSR count). The first-order chi connectivity index (χ1) is 8.86. The summed E-state index contributed by atoms with van der Waals surface area (Å²) >= 11 is 0. The summed E-state index contributed by atoms with van der Waals surface area (Å²) in [5.74, 6) is 1.46. The number of nitrogens with one attached hydrogen (secondary N) is 2.